The monoisotopic (exact) mass is 397 g/mol. The molecular weight excluding hydrogens is 370 g/mol. The van der Waals surface area contributed by atoms with Crippen molar-refractivity contribution in [1.82, 2.24) is 10.6 Å². The molecule has 0 saturated carbocycles. The Hall–Kier alpha value is -3.35. The molecule has 0 aromatic heterocycles. The zero-order valence-electron chi connectivity index (χ0n) is 17.1. The SMILES string of the molecule is COC(=O)Nc1ccc(CNC(=O)C(NC(=O)c2ccc(C)cc2)C(C)C)cc1. The van der Waals surface area contributed by atoms with Crippen LogP contribution in [0.1, 0.15) is 35.3 Å². The Morgan fingerprint density at radius 3 is 2.14 bits per heavy atom. The van der Waals surface area contributed by atoms with Crippen molar-refractivity contribution in [3.05, 3.63) is 65.2 Å². The summed E-state index contributed by atoms with van der Waals surface area (Å²) in [7, 11) is 1.29. The summed E-state index contributed by atoms with van der Waals surface area (Å²) in [5, 5.41) is 8.23. The molecule has 1 atom stereocenters. The number of anilines is 1. The van der Waals surface area contributed by atoms with Crippen LogP contribution in [-0.4, -0.2) is 31.1 Å². The van der Waals surface area contributed by atoms with Gasteiger partial charge in [-0.05, 0) is 42.7 Å². The van der Waals surface area contributed by atoms with Gasteiger partial charge in [0.05, 0.1) is 7.11 Å². The van der Waals surface area contributed by atoms with E-state index in [1.807, 2.05) is 32.9 Å². The number of carbonyl (C=O) groups is 3. The Bertz CT molecular complexity index is 845. The Kier molecular flexibility index (Phi) is 7.77. The second kappa shape index (κ2) is 10.3. The van der Waals surface area contributed by atoms with Crippen LogP contribution in [-0.2, 0) is 16.1 Å². The molecule has 0 aliphatic heterocycles. The van der Waals surface area contributed by atoms with Gasteiger partial charge in [-0.3, -0.25) is 14.9 Å². The van der Waals surface area contributed by atoms with Gasteiger partial charge >= 0.3 is 6.09 Å². The standard InChI is InChI=1S/C22H27N3O4/c1-14(2)19(25-20(26)17-9-5-15(3)6-10-17)21(27)23-13-16-7-11-18(12-8-16)24-22(28)29-4/h5-12,14,19H,13H2,1-4H3,(H,23,27)(H,24,28)(H,25,26). The van der Waals surface area contributed by atoms with Gasteiger partial charge in [0.15, 0.2) is 0 Å². The van der Waals surface area contributed by atoms with E-state index in [9.17, 15) is 14.4 Å². The van der Waals surface area contributed by atoms with Gasteiger partial charge in [0.25, 0.3) is 5.91 Å². The molecule has 0 radical (unpaired) electrons. The number of hydrogen-bond acceptors (Lipinski definition) is 4. The van der Waals surface area contributed by atoms with Crippen LogP contribution >= 0.6 is 0 Å². The number of ether oxygens (including phenoxy) is 1. The zero-order chi connectivity index (χ0) is 21.4. The molecule has 0 saturated heterocycles. The second-order valence-corrected chi connectivity index (χ2v) is 7.09. The van der Waals surface area contributed by atoms with Crippen LogP contribution in [0.3, 0.4) is 0 Å². The highest BCUT2D eigenvalue weighted by Crippen LogP contribution is 2.11. The van der Waals surface area contributed by atoms with Crippen molar-refractivity contribution in [3.8, 4) is 0 Å². The van der Waals surface area contributed by atoms with Crippen LogP contribution in [0.4, 0.5) is 10.5 Å². The summed E-state index contributed by atoms with van der Waals surface area (Å²) in [5.41, 5.74) is 3.04. The number of benzene rings is 2. The summed E-state index contributed by atoms with van der Waals surface area (Å²) < 4.78 is 4.54. The van der Waals surface area contributed by atoms with E-state index in [1.165, 1.54) is 7.11 Å². The van der Waals surface area contributed by atoms with E-state index in [-0.39, 0.29) is 17.7 Å². The highest BCUT2D eigenvalue weighted by atomic mass is 16.5. The summed E-state index contributed by atoms with van der Waals surface area (Å²) in [6, 6.07) is 13.6. The lowest BCUT2D eigenvalue weighted by atomic mass is 10.0. The van der Waals surface area contributed by atoms with Crippen molar-refractivity contribution in [2.24, 2.45) is 5.92 Å². The van der Waals surface area contributed by atoms with Gasteiger partial charge in [-0.2, -0.15) is 0 Å². The molecule has 3 N–H and O–H groups in total. The summed E-state index contributed by atoms with van der Waals surface area (Å²) in [6.45, 7) is 6.02. The largest absolute Gasteiger partial charge is 0.453 e. The third-order valence-corrected chi connectivity index (χ3v) is 4.40. The lowest BCUT2D eigenvalue weighted by Gasteiger charge is -2.22. The van der Waals surface area contributed by atoms with Crippen molar-refractivity contribution in [3.63, 3.8) is 0 Å². The van der Waals surface area contributed by atoms with Crippen molar-refractivity contribution < 1.29 is 19.1 Å². The minimum Gasteiger partial charge on any atom is -0.453 e. The van der Waals surface area contributed by atoms with Crippen LogP contribution in [0, 0.1) is 12.8 Å². The summed E-state index contributed by atoms with van der Waals surface area (Å²) >= 11 is 0. The second-order valence-electron chi connectivity index (χ2n) is 7.09. The smallest absolute Gasteiger partial charge is 0.411 e. The Labute approximate surface area is 170 Å². The molecule has 7 nitrogen and oxygen atoms in total. The highest BCUT2D eigenvalue weighted by Gasteiger charge is 2.24. The molecule has 0 aliphatic rings. The lowest BCUT2D eigenvalue weighted by molar-refractivity contribution is -0.124. The average molecular weight is 397 g/mol. The summed E-state index contributed by atoms with van der Waals surface area (Å²) in [5.74, 6) is -0.606. The molecular formula is C22H27N3O4. The third-order valence-electron chi connectivity index (χ3n) is 4.40. The van der Waals surface area contributed by atoms with Crippen molar-refractivity contribution in [2.45, 2.75) is 33.4 Å². The van der Waals surface area contributed by atoms with E-state index in [2.05, 4.69) is 20.7 Å². The van der Waals surface area contributed by atoms with Gasteiger partial charge in [0.1, 0.15) is 6.04 Å². The Morgan fingerprint density at radius 1 is 0.966 bits per heavy atom. The first-order valence-corrected chi connectivity index (χ1v) is 9.39. The van der Waals surface area contributed by atoms with E-state index in [0.717, 1.165) is 11.1 Å². The van der Waals surface area contributed by atoms with Crippen LogP contribution in [0.15, 0.2) is 48.5 Å². The number of methoxy groups -OCH3 is 1. The summed E-state index contributed by atoms with van der Waals surface area (Å²) in [6.07, 6.45) is -0.546. The number of carbonyl (C=O) groups excluding carboxylic acids is 3. The van der Waals surface area contributed by atoms with E-state index >= 15 is 0 Å². The Balaban J connectivity index is 1.94. The van der Waals surface area contributed by atoms with Crippen LogP contribution < -0.4 is 16.0 Å². The number of aryl methyl sites for hydroxylation is 1. The maximum Gasteiger partial charge on any atom is 0.411 e. The van der Waals surface area contributed by atoms with Crippen molar-refractivity contribution >= 4 is 23.6 Å². The quantitative estimate of drug-likeness (QED) is 0.668. The highest BCUT2D eigenvalue weighted by molar-refractivity contribution is 5.97. The van der Waals surface area contributed by atoms with Gasteiger partial charge in [-0.25, -0.2) is 4.79 Å². The first kappa shape index (κ1) is 21.9. The molecule has 1 unspecified atom stereocenters. The third kappa shape index (κ3) is 6.64. The molecule has 3 amide bonds. The predicted octanol–water partition coefficient (Wildman–Crippen LogP) is 3.24. The summed E-state index contributed by atoms with van der Waals surface area (Å²) in [4.78, 5) is 36.3. The molecule has 0 aliphatic carbocycles. The molecule has 154 valence electrons. The topological polar surface area (TPSA) is 96.5 Å². The predicted molar refractivity (Wildman–Crippen MR) is 112 cm³/mol. The molecule has 2 rings (SSSR count). The van der Waals surface area contributed by atoms with Crippen molar-refractivity contribution in [1.29, 1.82) is 0 Å². The van der Waals surface area contributed by atoms with E-state index in [0.29, 0.717) is 17.8 Å². The molecule has 2 aromatic carbocycles. The normalized spacial score (nSPS) is 11.5. The van der Waals surface area contributed by atoms with Crippen LogP contribution in [0.5, 0.6) is 0 Å². The van der Waals surface area contributed by atoms with Gasteiger partial charge in [0, 0.05) is 17.8 Å². The number of nitrogens with one attached hydrogen (secondary N) is 3. The van der Waals surface area contributed by atoms with Crippen LogP contribution in [0.2, 0.25) is 0 Å². The first-order valence-electron chi connectivity index (χ1n) is 9.39. The number of amides is 3. The van der Waals surface area contributed by atoms with Crippen LogP contribution in [0.25, 0.3) is 0 Å². The fourth-order valence-electron chi connectivity index (χ4n) is 2.64. The fraction of sp³-hybridized carbons (Fsp3) is 0.318. The number of rotatable bonds is 7. The minimum atomic E-state index is -0.649. The molecule has 0 bridgehead atoms. The Morgan fingerprint density at radius 2 is 1.59 bits per heavy atom. The maximum absolute atomic E-state index is 12.6. The van der Waals surface area contributed by atoms with Gasteiger partial charge in [-0.15, -0.1) is 0 Å². The maximum atomic E-state index is 12.6. The first-order chi connectivity index (χ1) is 13.8. The minimum absolute atomic E-state index is 0.0731. The number of hydrogen-bond donors (Lipinski definition) is 3. The zero-order valence-corrected chi connectivity index (χ0v) is 17.1. The van der Waals surface area contributed by atoms with Gasteiger partial charge in [-0.1, -0.05) is 43.7 Å². The van der Waals surface area contributed by atoms with Crippen molar-refractivity contribution in [2.75, 3.05) is 12.4 Å². The van der Waals surface area contributed by atoms with Gasteiger partial charge < -0.3 is 15.4 Å². The van der Waals surface area contributed by atoms with E-state index in [1.54, 1.807) is 36.4 Å². The average Bonchev–Trinajstić information content (AvgIpc) is 2.71. The van der Waals surface area contributed by atoms with Gasteiger partial charge in [0.2, 0.25) is 5.91 Å². The molecule has 0 spiro atoms. The molecule has 0 fully saturated rings. The van der Waals surface area contributed by atoms with E-state index in [4.69, 9.17) is 0 Å². The molecule has 0 heterocycles. The molecule has 2 aromatic rings. The molecule has 7 heteroatoms. The van der Waals surface area contributed by atoms with E-state index < -0.39 is 12.1 Å². The molecule has 29 heavy (non-hydrogen) atoms. The fourth-order valence-corrected chi connectivity index (χ4v) is 2.64. The lowest BCUT2D eigenvalue weighted by Crippen LogP contribution is -2.49.